The van der Waals surface area contributed by atoms with E-state index in [1.54, 1.807) is 18.3 Å². The van der Waals surface area contributed by atoms with E-state index in [1.165, 1.54) is 44.9 Å². The average molecular weight is 589 g/mol. The Kier molecular flexibility index (Phi) is 10.2. The van der Waals surface area contributed by atoms with Crippen LogP contribution in [0.3, 0.4) is 0 Å². The molecule has 1 heterocycles. The maximum atomic E-state index is 7.05. The fourth-order valence-electron chi connectivity index (χ4n) is 8.52. The third kappa shape index (κ3) is 7.27. The van der Waals surface area contributed by atoms with Crippen LogP contribution in [0.2, 0.25) is 18.1 Å². The molecule has 41 heavy (non-hydrogen) atoms. The lowest BCUT2D eigenvalue weighted by atomic mass is 9.60. The van der Waals surface area contributed by atoms with E-state index in [-0.39, 0.29) is 22.3 Å². The van der Waals surface area contributed by atoms with Gasteiger partial charge >= 0.3 is 0 Å². The number of methoxy groups -OCH3 is 1. The Bertz CT molecular complexity index is 955. The van der Waals surface area contributed by atoms with Crippen molar-refractivity contribution >= 4 is 8.32 Å². The molecule has 3 aliphatic carbocycles. The summed E-state index contributed by atoms with van der Waals surface area (Å²) in [6.45, 7) is 25.0. The molecule has 5 heteroatoms. The summed E-state index contributed by atoms with van der Waals surface area (Å²) in [6, 6.07) is 0. The molecule has 0 aromatic rings. The molecule has 0 N–H and O–H groups in total. The molecule has 0 aromatic carbocycles. The van der Waals surface area contributed by atoms with Gasteiger partial charge in [0.25, 0.3) is 0 Å². The van der Waals surface area contributed by atoms with Crippen molar-refractivity contribution in [3.05, 3.63) is 23.3 Å². The molecular formula is C36H64O4Si. The lowest BCUT2D eigenvalue weighted by Gasteiger charge is -2.45. The van der Waals surface area contributed by atoms with Crippen LogP contribution in [0.25, 0.3) is 0 Å². The van der Waals surface area contributed by atoms with E-state index < -0.39 is 8.32 Å². The van der Waals surface area contributed by atoms with Crippen LogP contribution in [-0.2, 0) is 18.6 Å². The molecule has 3 saturated carbocycles. The molecule has 236 valence electrons. The highest BCUT2D eigenvalue weighted by Gasteiger charge is 2.60. The van der Waals surface area contributed by atoms with Gasteiger partial charge in [0.05, 0.1) is 18.3 Å². The number of ether oxygens (including phenoxy) is 3. The Morgan fingerprint density at radius 3 is 2.44 bits per heavy atom. The second-order valence-corrected chi connectivity index (χ2v) is 21.5. The Balaban J connectivity index is 1.42. The average Bonchev–Trinajstić information content (AvgIpc) is 3.59. The van der Waals surface area contributed by atoms with Crippen LogP contribution in [0.5, 0.6) is 0 Å². The lowest BCUT2D eigenvalue weighted by Crippen LogP contribution is -2.51. The fraction of sp³-hybridized carbons (Fsp3) is 0.889. The van der Waals surface area contributed by atoms with Gasteiger partial charge in [-0.15, -0.1) is 0 Å². The summed E-state index contributed by atoms with van der Waals surface area (Å²) in [5.74, 6) is 2.87. The molecule has 4 rings (SSSR count). The highest BCUT2D eigenvalue weighted by atomic mass is 28.4. The minimum Gasteiger partial charge on any atom is -0.411 e. The van der Waals surface area contributed by atoms with Crippen LogP contribution in [0.15, 0.2) is 23.3 Å². The molecule has 4 fully saturated rings. The molecule has 1 saturated heterocycles. The first-order chi connectivity index (χ1) is 19.0. The SMILES string of the molecule is COCOC(C)(C)CCC[C@@H](C)C1CCC2/C(=C/C=C3/C[C@@H](C)C4(CO4)[C@H](O[Si](C)(C)C(C)(C)C)C3)CCCC21C. The van der Waals surface area contributed by atoms with E-state index in [1.807, 2.05) is 0 Å². The third-order valence-corrected chi connectivity index (χ3v) is 16.9. The van der Waals surface area contributed by atoms with Crippen molar-refractivity contribution in [3.63, 3.8) is 0 Å². The van der Waals surface area contributed by atoms with E-state index >= 15 is 0 Å². The van der Waals surface area contributed by atoms with Crippen molar-refractivity contribution in [2.24, 2.45) is 29.1 Å². The molecule has 0 radical (unpaired) electrons. The van der Waals surface area contributed by atoms with Crippen molar-refractivity contribution in [1.82, 2.24) is 0 Å². The lowest BCUT2D eigenvalue weighted by molar-refractivity contribution is -0.118. The number of hydrogen-bond acceptors (Lipinski definition) is 4. The van der Waals surface area contributed by atoms with Crippen LogP contribution >= 0.6 is 0 Å². The van der Waals surface area contributed by atoms with E-state index in [0.717, 1.165) is 43.6 Å². The Hall–Kier alpha value is -0.463. The number of fused-ring (bicyclic) bond motifs is 1. The number of rotatable bonds is 11. The first kappa shape index (κ1) is 33.4. The monoisotopic (exact) mass is 588 g/mol. The van der Waals surface area contributed by atoms with E-state index in [4.69, 9.17) is 18.6 Å². The van der Waals surface area contributed by atoms with Gasteiger partial charge in [-0.1, -0.05) is 77.7 Å². The smallest absolute Gasteiger partial charge is 0.192 e. The predicted molar refractivity (Wildman–Crippen MR) is 174 cm³/mol. The second kappa shape index (κ2) is 12.5. The van der Waals surface area contributed by atoms with Gasteiger partial charge in [0.1, 0.15) is 12.4 Å². The highest BCUT2D eigenvalue weighted by Crippen LogP contribution is 2.60. The topological polar surface area (TPSA) is 40.2 Å². The quantitative estimate of drug-likeness (QED) is 0.137. The van der Waals surface area contributed by atoms with E-state index in [2.05, 4.69) is 80.6 Å². The predicted octanol–water partition coefficient (Wildman–Crippen LogP) is 9.85. The number of epoxide rings is 1. The summed E-state index contributed by atoms with van der Waals surface area (Å²) in [5.41, 5.74) is 3.60. The Labute approximate surface area is 254 Å². The molecule has 1 aliphatic heterocycles. The van der Waals surface area contributed by atoms with E-state index in [0.29, 0.717) is 18.1 Å². The van der Waals surface area contributed by atoms with Gasteiger partial charge in [0, 0.05) is 7.11 Å². The minimum atomic E-state index is -1.86. The largest absolute Gasteiger partial charge is 0.411 e. The second-order valence-electron chi connectivity index (χ2n) is 16.8. The summed E-state index contributed by atoms with van der Waals surface area (Å²) in [6.07, 6.45) is 17.9. The maximum absolute atomic E-state index is 7.05. The number of allylic oxidation sites excluding steroid dienone is 3. The maximum Gasteiger partial charge on any atom is 0.192 e. The summed E-state index contributed by atoms with van der Waals surface area (Å²) in [5, 5.41) is 0.215. The zero-order chi connectivity index (χ0) is 30.3. The van der Waals surface area contributed by atoms with E-state index in [9.17, 15) is 0 Å². The Morgan fingerprint density at radius 2 is 1.80 bits per heavy atom. The van der Waals surface area contributed by atoms with Crippen LogP contribution in [0, 0.1) is 29.1 Å². The highest BCUT2D eigenvalue weighted by molar-refractivity contribution is 6.74. The third-order valence-electron chi connectivity index (χ3n) is 12.4. The zero-order valence-corrected chi connectivity index (χ0v) is 29.7. The Morgan fingerprint density at radius 1 is 1.10 bits per heavy atom. The zero-order valence-electron chi connectivity index (χ0n) is 28.7. The van der Waals surface area contributed by atoms with Crippen LogP contribution in [0.1, 0.15) is 120 Å². The molecule has 4 nitrogen and oxygen atoms in total. The standard InChI is InChI=1S/C36H64O4Si/c1-26(14-12-20-34(6,7)39-25-37-9)30-18-19-31-29(15-13-21-35(30,31)8)17-16-28-22-27(2)36(24-38-36)32(23-28)40-41(10,11)33(3,4)5/h16-17,26-27,30-32H,12-15,18-25H2,1-11H3/b28-16-,29-17+/t26-,27-,30?,31?,32-,35?,36?/m1/s1. The number of hydrogen-bond donors (Lipinski definition) is 0. The van der Waals surface area contributed by atoms with Crippen molar-refractivity contribution in [3.8, 4) is 0 Å². The van der Waals surface area contributed by atoms with Gasteiger partial charge in [-0.3, -0.25) is 0 Å². The summed E-state index contributed by atoms with van der Waals surface area (Å²) < 4.78 is 24.3. The van der Waals surface area contributed by atoms with Crippen molar-refractivity contribution in [2.45, 2.75) is 155 Å². The van der Waals surface area contributed by atoms with Crippen molar-refractivity contribution in [1.29, 1.82) is 0 Å². The molecule has 4 aliphatic rings. The van der Waals surface area contributed by atoms with Crippen LogP contribution in [0.4, 0.5) is 0 Å². The first-order valence-corrected chi connectivity index (χ1v) is 19.8. The van der Waals surface area contributed by atoms with Crippen LogP contribution < -0.4 is 0 Å². The van der Waals surface area contributed by atoms with Gasteiger partial charge in [-0.25, -0.2) is 0 Å². The molecular weight excluding hydrogens is 524 g/mol. The molecule has 0 bridgehead atoms. The first-order valence-electron chi connectivity index (χ1n) is 16.9. The van der Waals surface area contributed by atoms with Gasteiger partial charge < -0.3 is 18.6 Å². The fourth-order valence-corrected chi connectivity index (χ4v) is 9.87. The summed E-state index contributed by atoms with van der Waals surface area (Å²) >= 11 is 0. The van der Waals surface area contributed by atoms with Gasteiger partial charge in [0.2, 0.25) is 0 Å². The van der Waals surface area contributed by atoms with Crippen molar-refractivity contribution < 1.29 is 18.6 Å². The van der Waals surface area contributed by atoms with Gasteiger partial charge in [-0.2, -0.15) is 0 Å². The summed E-state index contributed by atoms with van der Waals surface area (Å²) in [4.78, 5) is 0. The van der Waals surface area contributed by atoms with Crippen LogP contribution in [-0.4, -0.2) is 46.1 Å². The van der Waals surface area contributed by atoms with Gasteiger partial charge in [0.15, 0.2) is 8.32 Å². The van der Waals surface area contributed by atoms with Gasteiger partial charge in [-0.05, 0) is 112 Å². The molecule has 1 spiro atoms. The van der Waals surface area contributed by atoms with Crippen molar-refractivity contribution in [2.75, 3.05) is 20.5 Å². The molecule has 0 amide bonds. The normalized spacial score (nSPS) is 37.1. The molecule has 4 unspecified atom stereocenters. The summed E-state index contributed by atoms with van der Waals surface area (Å²) in [7, 11) is -0.161. The molecule has 7 atom stereocenters. The molecule has 0 aromatic heterocycles. The minimum absolute atomic E-state index is 0.0383.